The van der Waals surface area contributed by atoms with Gasteiger partial charge in [-0.2, -0.15) is 5.10 Å². The van der Waals surface area contributed by atoms with Gasteiger partial charge in [-0.3, -0.25) is 4.79 Å². The van der Waals surface area contributed by atoms with Crippen LogP contribution >= 0.6 is 0 Å². The lowest BCUT2D eigenvalue weighted by Gasteiger charge is -2.18. The number of hydrogen-bond donors (Lipinski definition) is 1. The topological polar surface area (TPSA) is 113 Å². The van der Waals surface area contributed by atoms with Crippen molar-refractivity contribution in [3.63, 3.8) is 0 Å². The monoisotopic (exact) mass is 522 g/mol. The average molecular weight is 523 g/mol. The van der Waals surface area contributed by atoms with Crippen molar-refractivity contribution in [1.29, 1.82) is 0 Å². The Morgan fingerprint density at radius 1 is 0.667 bits per heavy atom. The van der Waals surface area contributed by atoms with Gasteiger partial charge in [-0.1, -0.05) is 36.4 Å². The van der Waals surface area contributed by atoms with Crippen LogP contribution < -0.4 is 24.4 Å². The van der Waals surface area contributed by atoms with Gasteiger partial charge in [-0.05, 0) is 66.2 Å². The quantitative estimate of drug-likeness (QED) is 0.163. The van der Waals surface area contributed by atoms with Crippen molar-refractivity contribution >= 4 is 24.1 Å². The van der Waals surface area contributed by atoms with Crippen molar-refractivity contribution in [2.75, 3.05) is 13.2 Å². The maximum Gasteiger partial charge on any atom is 0.343 e. The third-order valence-corrected chi connectivity index (χ3v) is 5.58. The Balaban J connectivity index is 1.33. The van der Waals surface area contributed by atoms with Gasteiger partial charge in [0.25, 0.3) is 5.91 Å². The first-order valence-corrected chi connectivity index (χ1v) is 12.0. The second-order valence-corrected chi connectivity index (χ2v) is 8.27. The van der Waals surface area contributed by atoms with Gasteiger partial charge in [0.05, 0.1) is 17.3 Å². The molecular weight excluding hydrogens is 500 g/mol. The summed E-state index contributed by atoms with van der Waals surface area (Å²) in [5.74, 6) is -0.571. The summed E-state index contributed by atoms with van der Waals surface area (Å²) in [5, 5.41) is 4.00. The standard InChI is InChI=1S/C30H22N2O7/c33-28(23-12-14-24-26(18-23)37-16-15-36-24)32-31-19-20-11-13-25(38-29(34)21-7-3-1-4-8-21)27(17-20)39-30(35)22-9-5-2-6-10-22/h1-14,17-19H,15-16H2,(H,32,33)/b31-19-. The highest BCUT2D eigenvalue weighted by Crippen LogP contribution is 2.31. The number of ether oxygens (including phenoxy) is 4. The highest BCUT2D eigenvalue weighted by atomic mass is 16.6. The van der Waals surface area contributed by atoms with Gasteiger partial charge >= 0.3 is 11.9 Å². The van der Waals surface area contributed by atoms with E-state index < -0.39 is 17.8 Å². The van der Waals surface area contributed by atoms with Crippen LogP contribution in [0.25, 0.3) is 0 Å². The third kappa shape index (κ3) is 6.28. The molecule has 0 bridgehead atoms. The predicted molar refractivity (Wildman–Crippen MR) is 142 cm³/mol. The maximum absolute atomic E-state index is 12.7. The summed E-state index contributed by atoms with van der Waals surface area (Å²) in [4.78, 5) is 37.9. The van der Waals surface area contributed by atoms with E-state index in [0.717, 1.165) is 0 Å². The van der Waals surface area contributed by atoms with Crippen molar-refractivity contribution in [2.45, 2.75) is 0 Å². The minimum absolute atomic E-state index is 0.00949. The number of carbonyl (C=O) groups is 3. The summed E-state index contributed by atoms with van der Waals surface area (Å²) in [6.07, 6.45) is 1.37. The van der Waals surface area contributed by atoms with Crippen LogP contribution in [0, 0.1) is 0 Å². The van der Waals surface area contributed by atoms with Crippen LogP contribution in [0.4, 0.5) is 0 Å². The van der Waals surface area contributed by atoms with Crippen molar-refractivity contribution < 1.29 is 33.3 Å². The first-order chi connectivity index (χ1) is 19.1. The molecule has 0 saturated carbocycles. The number of nitrogens with zero attached hydrogens (tertiary/aromatic N) is 1. The fourth-order valence-corrected chi connectivity index (χ4v) is 3.65. The molecule has 0 atom stereocenters. The summed E-state index contributed by atoms with van der Waals surface area (Å²) in [7, 11) is 0. The zero-order chi connectivity index (χ0) is 27.0. The summed E-state index contributed by atoms with van der Waals surface area (Å²) in [6, 6.07) is 26.3. The molecule has 0 radical (unpaired) electrons. The lowest BCUT2D eigenvalue weighted by molar-refractivity contribution is 0.0682. The second-order valence-electron chi connectivity index (χ2n) is 8.27. The second kappa shape index (κ2) is 11.7. The van der Waals surface area contributed by atoms with Gasteiger partial charge in [0, 0.05) is 5.56 Å². The number of carbonyl (C=O) groups excluding carboxylic acids is 3. The Kier molecular flexibility index (Phi) is 7.59. The van der Waals surface area contributed by atoms with Crippen molar-refractivity contribution in [3.8, 4) is 23.0 Å². The SMILES string of the molecule is O=C(N/N=C\c1ccc(OC(=O)c2ccccc2)c(OC(=O)c2ccccc2)c1)c1ccc2c(c1)OCCO2. The fourth-order valence-electron chi connectivity index (χ4n) is 3.65. The van der Waals surface area contributed by atoms with Crippen molar-refractivity contribution in [2.24, 2.45) is 5.10 Å². The van der Waals surface area contributed by atoms with E-state index in [9.17, 15) is 14.4 Å². The van der Waals surface area contributed by atoms with Crippen LogP contribution in [0.1, 0.15) is 36.6 Å². The fraction of sp³-hybridized carbons (Fsp3) is 0.0667. The molecule has 0 unspecified atom stereocenters. The number of amides is 1. The van der Waals surface area contributed by atoms with Crippen molar-refractivity contribution in [1.82, 2.24) is 5.43 Å². The van der Waals surface area contributed by atoms with Gasteiger partial charge < -0.3 is 18.9 Å². The zero-order valence-electron chi connectivity index (χ0n) is 20.5. The van der Waals surface area contributed by atoms with E-state index in [1.54, 1.807) is 84.9 Å². The number of benzene rings is 4. The van der Waals surface area contributed by atoms with Crippen LogP contribution in [-0.2, 0) is 0 Å². The molecule has 9 nitrogen and oxygen atoms in total. The Hall–Kier alpha value is -5.44. The molecule has 1 aliphatic rings. The molecule has 0 fully saturated rings. The van der Waals surface area contributed by atoms with Crippen LogP contribution in [0.3, 0.4) is 0 Å². The molecule has 1 heterocycles. The summed E-state index contributed by atoms with van der Waals surface area (Å²) < 4.78 is 22.1. The number of fused-ring (bicyclic) bond motifs is 1. The molecule has 0 saturated heterocycles. The molecule has 1 N–H and O–H groups in total. The van der Waals surface area contributed by atoms with E-state index in [1.807, 2.05) is 0 Å². The number of esters is 2. The highest BCUT2D eigenvalue weighted by Gasteiger charge is 2.17. The van der Waals surface area contributed by atoms with Gasteiger partial charge in [0.15, 0.2) is 23.0 Å². The molecule has 0 spiro atoms. The molecule has 0 aromatic heterocycles. The average Bonchev–Trinajstić information content (AvgIpc) is 2.99. The van der Waals surface area contributed by atoms with Gasteiger partial charge in [0.1, 0.15) is 13.2 Å². The van der Waals surface area contributed by atoms with Gasteiger partial charge in [-0.15, -0.1) is 0 Å². The molecule has 5 rings (SSSR count). The van der Waals surface area contributed by atoms with E-state index in [2.05, 4.69) is 10.5 Å². The van der Waals surface area contributed by atoms with E-state index in [4.69, 9.17) is 18.9 Å². The molecule has 4 aromatic carbocycles. The minimum Gasteiger partial charge on any atom is -0.486 e. The number of hydrogen-bond acceptors (Lipinski definition) is 8. The first kappa shape index (κ1) is 25.2. The highest BCUT2D eigenvalue weighted by molar-refractivity contribution is 5.96. The van der Waals surface area contributed by atoms with Crippen LogP contribution in [-0.4, -0.2) is 37.3 Å². The minimum atomic E-state index is -0.631. The van der Waals surface area contributed by atoms with Crippen molar-refractivity contribution in [3.05, 3.63) is 119 Å². The molecule has 4 aromatic rings. The lowest BCUT2D eigenvalue weighted by atomic mass is 10.2. The van der Waals surface area contributed by atoms with E-state index in [0.29, 0.717) is 47.0 Å². The lowest BCUT2D eigenvalue weighted by Crippen LogP contribution is -2.19. The Morgan fingerprint density at radius 3 is 1.95 bits per heavy atom. The molecule has 0 aliphatic carbocycles. The van der Waals surface area contributed by atoms with Crippen LogP contribution in [0.5, 0.6) is 23.0 Å². The number of nitrogens with one attached hydrogen (secondary N) is 1. The molecular formula is C30H22N2O7. The predicted octanol–water partition coefficient (Wildman–Crippen LogP) is 4.66. The Labute approximate surface area is 223 Å². The summed E-state index contributed by atoms with van der Waals surface area (Å²) in [5.41, 5.74) is 3.93. The van der Waals surface area contributed by atoms with Crippen LogP contribution in [0.2, 0.25) is 0 Å². The van der Waals surface area contributed by atoms with Crippen LogP contribution in [0.15, 0.2) is 102 Å². The van der Waals surface area contributed by atoms with E-state index in [1.165, 1.54) is 18.3 Å². The summed E-state index contributed by atoms with van der Waals surface area (Å²) >= 11 is 0. The van der Waals surface area contributed by atoms with Gasteiger partial charge in [0.2, 0.25) is 0 Å². The Bertz CT molecular complexity index is 1540. The maximum atomic E-state index is 12.7. The van der Waals surface area contributed by atoms with Gasteiger partial charge in [-0.25, -0.2) is 15.0 Å². The van der Waals surface area contributed by atoms with E-state index >= 15 is 0 Å². The largest absolute Gasteiger partial charge is 0.486 e. The smallest absolute Gasteiger partial charge is 0.343 e. The third-order valence-electron chi connectivity index (χ3n) is 5.58. The number of rotatable bonds is 7. The Morgan fingerprint density at radius 2 is 1.28 bits per heavy atom. The molecule has 1 aliphatic heterocycles. The molecule has 194 valence electrons. The summed E-state index contributed by atoms with van der Waals surface area (Å²) in [6.45, 7) is 0.861. The zero-order valence-corrected chi connectivity index (χ0v) is 20.5. The number of hydrazone groups is 1. The molecule has 1 amide bonds. The van der Waals surface area contributed by atoms with E-state index in [-0.39, 0.29) is 11.5 Å². The molecule has 39 heavy (non-hydrogen) atoms. The normalized spacial score (nSPS) is 12.0. The first-order valence-electron chi connectivity index (χ1n) is 12.0. The molecule has 9 heteroatoms.